The van der Waals surface area contributed by atoms with Crippen molar-refractivity contribution in [3.05, 3.63) is 41.0 Å². The molecule has 0 heterocycles. The molecule has 1 heteroatoms. The number of allylic oxidation sites excluding steroid dienone is 1. The lowest BCUT2D eigenvalue weighted by Crippen LogP contribution is -1.84. The van der Waals surface area contributed by atoms with E-state index in [1.807, 2.05) is 0 Å². The molecule has 0 fully saturated rings. The molecule has 0 atom stereocenters. The minimum atomic E-state index is 0.736. The largest absolute Gasteiger partial charge is 0.126 e. The summed E-state index contributed by atoms with van der Waals surface area (Å²) in [7, 11) is 0. The van der Waals surface area contributed by atoms with E-state index in [0.29, 0.717) is 0 Å². The van der Waals surface area contributed by atoms with Crippen molar-refractivity contribution >= 4 is 17.7 Å². The highest BCUT2D eigenvalue weighted by molar-refractivity contribution is 6.18. The van der Waals surface area contributed by atoms with Crippen molar-refractivity contribution in [2.45, 2.75) is 12.8 Å². The summed E-state index contributed by atoms with van der Waals surface area (Å²) in [5.41, 5.74) is 4.28. The third kappa shape index (κ3) is 1.39. The molecular weight excluding hydrogens is 168 g/mol. The third-order valence-corrected chi connectivity index (χ3v) is 2.44. The zero-order valence-corrected chi connectivity index (χ0v) is 7.64. The predicted octanol–water partition coefficient (Wildman–Crippen LogP) is 3.26. The zero-order chi connectivity index (χ0) is 8.39. The Bertz CT molecular complexity index is 313. The minimum Gasteiger partial charge on any atom is -0.126 e. The maximum absolute atomic E-state index is 5.68. The Morgan fingerprint density at radius 1 is 1.25 bits per heavy atom. The van der Waals surface area contributed by atoms with Crippen LogP contribution in [0.25, 0.3) is 6.08 Å². The number of alkyl halides is 1. The molecule has 1 aliphatic carbocycles. The van der Waals surface area contributed by atoms with E-state index in [-0.39, 0.29) is 0 Å². The van der Waals surface area contributed by atoms with Crippen LogP contribution in [0.2, 0.25) is 0 Å². The number of fused-ring (bicyclic) bond motifs is 1. The quantitative estimate of drug-likeness (QED) is 0.610. The van der Waals surface area contributed by atoms with E-state index in [1.54, 1.807) is 0 Å². The van der Waals surface area contributed by atoms with Crippen LogP contribution in [-0.4, -0.2) is 5.88 Å². The van der Waals surface area contributed by atoms with Crippen LogP contribution in [0.15, 0.2) is 29.8 Å². The van der Waals surface area contributed by atoms with Crippen molar-refractivity contribution in [2.75, 3.05) is 5.88 Å². The molecule has 0 aliphatic heterocycles. The Hall–Kier alpha value is -0.750. The van der Waals surface area contributed by atoms with E-state index in [4.69, 9.17) is 11.6 Å². The lowest BCUT2D eigenvalue weighted by molar-refractivity contribution is 1.05. The molecule has 1 aliphatic rings. The van der Waals surface area contributed by atoms with Crippen LogP contribution < -0.4 is 0 Å². The van der Waals surface area contributed by atoms with Gasteiger partial charge >= 0.3 is 0 Å². The first kappa shape index (κ1) is 7.88. The SMILES string of the molecule is ClCCC1=Cc2ccccc2C1. The van der Waals surface area contributed by atoms with Crippen molar-refractivity contribution in [3.8, 4) is 0 Å². The minimum absolute atomic E-state index is 0.736. The number of halogens is 1. The number of benzene rings is 1. The van der Waals surface area contributed by atoms with Crippen LogP contribution >= 0.6 is 11.6 Å². The second-order valence-electron chi connectivity index (χ2n) is 3.12. The average Bonchev–Trinajstić information content (AvgIpc) is 2.47. The molecule has 0 radical (unpaired) electrons. The Kier molecular flexibility index (Phi) is 2.18. The van der Waals surface area contributed by atoms with Gasteiger partial charge in [-0.15, -0.1) is 11.6 Å². The van der Waals surface area contributed by atoms with Crippen LogP contribution in [0.3, 0.4) is 0 Å². The molecule has 0 saturated heterocycles. The zero-order valence-electron chi connectivity index (χ0n) is 6.89. The molecule has 0 amide bonds. The van der Waals surface area contributed by atoms with Crippen LogP contribution in [0.4, 0.5) is 0 Å². The summed E-state index contributed by atoms with van der Waals surface area (Å²) >= 11 is 5.68. The lowest BCUT2D eigenvalue weighted by atomic mass is 10.1. The average molecular weight is 179 g/mol. The third-order valence-electron chi connectivity index (χ3n) is 2.25. The van der Waals surface area contributed by atoms with Gasteiger partial charge < -0.3 is 0 Å². The molecule has 0 saturated carbocycles. The monoisotopic (exact) mass is 178 g/mol. The van der Waals surface area contributed by atoms with Crippen molar-refractivity contribution in [3.63, 3.8) is 0 Å². The van der Waals surface area contributed by atoms with Crippen LogP contribution in [-0.2, 0) is 6.42 Å². The Balaban J connectivity index is 2.23. The summed E-state index contributed by atoms with van der Waals surface area (Å²) in [6.07, 6.45) is 4.39. The van der Waals surface area contributed by atoms with Crippen molar-refractivity contribution in [2.24, 2.45) is 0 Å². The summed E-state index contributed by atoms with van der Waals surface area (Å²) in [5, 5.41) is 0. The van der Waals surface area contributed by atoms with Gasteiger partial charge in [-0.1, -0.05) is 35.9 Å². The van der Waals surface area contributed by atoms with Gasteiger partial charge in [0.05, 0.1) is 0 Å². The number of hydrogen-bond donors (Lipinski definition) is 0. The topological polar surface area (TPSA) is 0 Å². The molecule has 0 aromatic heterocycles. The Morgan fingerprint density at radius 3 is 2.83 bits per heavy atom. The molecule has 0 unspecified atom stereocenters. The van der Waals surface area contributed by atoms with E-state index < -0.39 is 0 Å². The number of hydrogen-bond acceptors (Lipinski definition) is 0. The van der Waals surface area contributed by atoms with Crippen molar-refractivity contribution < 1.29 is 0 Å². The first-order valence-corrected chi connectivity index (χ1v) is 4.77. The fourth-order valence-electron chi connectivity index (χ4n) is 1.63. The second kappa shape index (κ2) is 3.32. The summed E-state index contributed by atoms with van der Waals surface area (Å²) in [6.45, 7) is 0. The van der Waals surface area contributed by atoms with Crippen molar-refractivity contribution in [1.82, 2.24) is 0 Å². The molecule has 2 rings (SSSR count). The molecule has 0 N–H and O–H groups in total. The van der Waals surface area contributed by atoms with E-state index in [2.05, 4.69) is 30.3 Å². The van der Waals surface area contributed by atoms with Crippen LogP contribution in [0.5, 0.6) is 0 Å². The Morgan fingerprint density at radius 2 is 2.08 bits per heavy atom. The molecular formula is C11H11Cl. The maximum atomic E-state index is 5.68. The van der Waals surface area contributed by atoms with Gasteiger partial charge in [-0.25, -0.2) is 0 Å². The summed E-state index contributed by atoms with van der Waals surface area (Å²) < 4.78 is 0. The van der Waals surface area contributed by atoms with Gasteiger partial charge in [0.15, 0.2) is 0 Å². The smallest absolute Gasteiger partial charge is 0.0260 e. The molecule has 1 aromatic rings. The van der Waals surface area contributed by atoms with Gasteiger partial charge in [-0.3, -0.25) is 0 Å². The van der Waals surface area contributed by atoms with Gasteiger partial charge in [-0.2, -0.15) is 0 Å². The van der Waals surface area contributed by atoms with Crippen molar-refractivity contribution in [1.29, 1.82) is 0 Å². The van der Waals surface area contributed by atoms with Gasteiger partial charge in [0, 0.05) is 5.88 Å². The summed E-state index contributed by atoms with van der Waals surface area (Å²) in [4.78, 5) is 0. The fraction of sp³-hybridized carbons (Fsp3) is 0.273. The molecule has 0 nitrogen and oxygen atoms in total. The number of rotatable bonds is 2. The predicted molar refractivity (Wildman–Crippen MR) is 53.5 cm³/mol. The highest BCUT2D eigenvalue weighted by atomic mass is 35.5. The molecule has 12 heavy (non-hydrogen) atoms. The van der Waals surface area contributed by atoms with Crippen LogP contribution in [0, 0.1) is 0 Å². The molecule has 1 aromatic carbocycles. The van der Waals surface area contributed by atoms with E-state index in [0.717, 1.165) is 18.7 Å². The first-order valence-electron chi connectivity index (χ1n) is 4.23. The van der Waals surface area contributed by atoms with Gasteiger partial charge in [0.25, 0.3) is 0 Å². The van der Waals surface area contributed by atoms with E-state index >= 15 is 0 Å². The maximum Gasteiger partial charge on any atom is 0.0260 e. The normalized spacial score (nSPS) is 14.2. The van der Waals surface area contributed by atoms with E-state index in [9.17, 15) is 0 Å². The summed E-state index contributed by atoms with van der Waals surface area (Å²) in [6, 6.07) is 8.53. The lowest BCUT2D eigenvalue weighted by Gasteiger charge is -1.96. The standard InChI is InChI=1S/C11H11Cl/c12-6-5-9-7-10-3-1-2-4-11(10)8-9/h1-4,7H,5-6,8H2. The van der Waals surface area contributed by atoms with Gasteiger partial charge in [-0.05, 0) is 24.0 Å². The van der Waals surface area contributed by atoms with Crippen LogP contribution in [0.1, 0.15) is 17.5 Å². The molecule has 62 valence electrons. The van der Waals surface area contributed by atoms with Gasteiger partial charge in [0.2, 0.25) is 0 Å². The highest BCUT2D eigenvalue weighted by Gasteiger charge is 2.10. The first-order chi connectivity index (χ1) is 5.90. The van der Waals surface area contributed by atoms with E-state index in [1.165, 1.54) is 16.7 Å². The molecule has 0 bridgehead atoms. The molecule has 0 spiro atoms. The fourth-order valence-corrected chi connectivity index (χ4v) is 1.88. The summed E-state index contributed by atoms with van der Waals surface area (Å²) in [5.74, 6) is 0.736. The van der Waals surface area contributed by atoms with Gasteiger partial charge in [0.1, 0.15) is 0 Å². The highest BCUT2D eigenvalue weighted by Crippen LogP contribution is 2.26. The Labute approximate surface area is 77.9 Å². The second-order valence-corrected chi connectivity index (χ2v) is 3.50.